The van der Waals surface area contributed by atoms with Crippen molar-refractivity contribution in [2.75, 3.05) is 0 Å². The fourth-order valence-corrected chi connectivity index (χ4v) is 1.13. The molecule has 0 radical (unpaired) electrons. The predicted octanol–water partition coefficient (Wildman–Crippen LogP) is 2.31. The third-order valence-corrected chi connectivity index (χ3v) is 2.09. The van der Waals surface area contributed by atoms with Crippen LogP contribution < -0.4 is 10.5 Å². The molecule has 1 rings (SSSR count). The van der Waals surface area contributed by atoms with Crippen LogP contribution >= 0.6 is 0 Å². The van der Waals surface area contributed by atoms with Crippen LogP contribution in [0.1, 0.15) is 26.5 Å². The van der Waals surface area contributed by atoms with Crippen LogP contribution in [0.25, 0.3) is 0 Å². The first-order chi connectivity index (χ1) is 7.34. The van der Waals surface area contributed by atoms with Crippen LogP contribution in [0.2, 0.25) is 0 Å². The molecule has 0 aliphatic rings. The molecule has 1 atom stereocenters. The highest BCUT2D eigenvalue weighted by molar-refractivity contribution is 5.22. The molecule has 5 heteroatoms. The van der Waals surface area contributed by atoms with Crippen molar-refractivity contribution in [1.29, 1.82) is 0 Å². The minimum atomic E-state index is -2.67. The Morgan fingerprint density at radius 1 is 1.38 bits per heavy atom. The monoisotopic (exact) mass is 230 g/mol. The zero-order chi connectivity index (χ0) is 12.3. The molecule has 90 valence electrons. The molecule has 0 aromatic carbocycles. The van der Waals surface area contributed by atoms with Crippen LogP contribution in [0.5, 0.6) is 5.88 Å². The number of halogens is 2. The first-order valence-electron chi connectivity index (χ1n) is 5.05. The molecule has 0 fully saturated rings. The number of nitrogens with two attached hydrogens (primary N) is 1. The molecule has 16 heavy (non-hydrogen) atoms. The van der Waals surface area contributed by atoms with Gasteiger partial charge < -0.3 is 10.5 Å². The average Bonchev–Trinajstić information content (AvgIpc) is 2.16. The fraction of sp³-hybridized carbons (Fsp3) is 0.545. The van der Waals surface area contributed by atoms with E-state index < -0.39 is 12.0 Å². The molecule has 0 aliphatic carbocycles. The molecule has 1 heterocycles. The van der Waals surface area contributed by atoms with Gasteiger partial charge in [0.1, 0.15) is 5.54 Å². The van der Waals surface area contributed by atoms with Crippen molar-refractivity contribution in [3.63, 3.8) is 0 Å². The topological polar surface area (TPSA) is 48.1 Å². The summed E-state index contributed by atoms with van der Waals surface area (Å²) < 4.78 is 30.7. The molecular formula is C11H16F2N2O. The van der Waals surface area contributed by atoms with Gasteiger partial charge in [0.25, 0.3) is 6.43 Å². The average molecular weight is 230 g/mol. The van der Waals surface area contributed by atoms with Gasteiger partial charge >= 0.3 is 0 Å². The van der Waals surface area contributed by atoms with Gasteiger partial charge in [0.15, 0.2) is 0 Å². The first-order valence-corrected chi connectivity index (χ1v) is 5.05. The highest BCUT2D eigenvalue weighted by atomic mass is 19.3. The van der Waals surface area contributed by atoms with E-state index in [1.165, 1.54) is 13.0 Å². The fourth-order valence-electron chi connectivity index (χ4n) is 1.13. The number of hydrogen-bond acceptors (Lipinski definition) is 3. The molecule has 1 unspecified atom stereocenters. The van der Waals surface area contributed by atoms with Gasteiger partial charge in [-0.15, -0.1) is 0 Å². The number of ether oxygens (including phenoxy) is 1. The Bertz CT molecular complexity index is 354. The molecule has 0 saturated carbocycles. The molecule has 0 spiro atoms. The Labute approximate surface area is 93.6 Å². The van der Waals surface area contributed by atoms with Crippen LogP contribution in [-0.4, -0.2) is 17.5 Å². The van der Waals surface area contributed by atoms with Gasteiger partial charge in [0.05, 0.1) is 11.8 Å². The number of pyridine rings is 1. The Hall–Kier alpha value is -1.23. The summed E-state index contributed by atoms with van der Waals surface area (Å²) in [5.41, 5.74) is 3.88. The normalized spacial score (nSPS) is 15.2. The Kier molecular flexibility index (Phi) is 3.80. The molecular weight excluding hydrogens is 214 g/mol. The first kappa shape index (κ1) is 12.8. The quantitative estimate of drug-likeness (QED) is 0.863. The zero-order valence-corrected chi connectivity index (χ0v) is 9.58. The molecule has 0 saturated heterocycles. The van der Waals surface area contributed by atoms with E-state index in [0.717, 1.165) is 0 Å². The van der Waals surface area contributed by atoms with E-state index in [0.29, 0.717) is 5.88 Å². The second-order valence-corrected chi connectivity index (χ2v) is 4.11. The summed E-state index contributed by atoms with van der Waals surface area (Å²) in [5.74, 6) is 0.310. The van der Waals surface area contributed by atoms with Crippen LogP contribution in [0.15, 0.2) is 18.2 Å². The second-order valence-electron chi connectivity index (χ2n) is 4.11. The maximum Gasteiger partial charge on any atom is 0.261 e. The summed E-state index contributed by atoms with van der Waals surface area (Å²) in [5, 5.41) is 0. The van der Waals surface area contributed by atoms with Crippen molar-refractivity contribution < 1.29 is 13.5 Å². The number of aromatic nitrogens is 1. The van der Waals surface area contributed by atoms with Gasteiger partial charge in [-0.05, 0) is 26.8 Å². The lowest BCUT2D eigenvalue weighted by Gasteiger charge is -2.23. The van der Waals surface area contributed by atoms with E-state index in [2.05, 4.69) is 4.98 Å². The van der Waals surface area contributed by atoms with Crippen molar-refractivity contribution in [1.82, 2.24) is 4.98 Å². The van der Waals surface area contributed by atoms with E-state index in [1.54, 1.807) is 12.1 Å². The summed E-state index contributed by atoms with van der Waals surface area (Å²) in [6.45, 7) is 4.92. The molecule has 0 bridgehead atoms. The Balaban J connectivity index is 2.98. The van der Waals surface area contributed by atoms with Gasteiger partial charge in [-0.2, -0.15) is 0 Å². The van der Waals surface area contributed by atoms with E-state index in [-0.39, 0.29) is 11.8 Å². The minimum absolute atomic E-state index is 0.0571. The van der Waals surface area contributed by atoms with Gasteiger partial charge in [-0.25, -0.2) is 13.8 Å². The van der Waals surface area contributed by atoms with Gasteiger partial charge in [-0.1, -0.05) is 6.07 Å². The van der Waals surface area contributed by atoms with E-state index in [1.807, 2.05) is 13.8 Å². The zero-order valence-electron chi connectivity index (χ0n) is 9.58. The van der Waals surface area contributed by atoms with Crippen LogP contribution in [0, 0.1) is 0 Å². The van der Waals surface area contributed by atoms with Crippen molar-refractivity contribution in [3.8, 4) is 5.88 Å². The SMILES string of the molecule is CC(C)Oc1cccc(C(C)(N)C(F)F)n1. The van der Waals surface area contributed by atoms with Crippen molar-refractivity contribution in [2.45, 2.75) is 38.8 Å². The number of nitrogens with zero attached hydrogens (tertiary/aromatic N) is 1. The van der Waals surface area contributed by atoms with Crippen LogP contribution in [-0.2, 0) is 5.54 Å². The number of hydrogen-bond donors (Lipinski definition) is 1. The van der Waals surface area contributed by atoms with Crippen molar-refractivity contribution >= 4 is 0 Å². The lowest BCUT2D eigenvalue weighted by atomic mass is 9.99. The molecule has 1 aromatic rings. The Morgan fingerprint density at radius 2 is 2.00 bits per heavy atom. The standard InChI is InChI=1S/C11H16F2N2O/c1-7(2)16-9-6-4-5-8(15-9)11(3,14)10(12)13/h4-7,10H,14H2,1-3H3. The van der Waals surface area contributed by atoms with Crippen molar-refractivity contribution in [3.05, 3.63) is 23.9 Å². The summed E-state index contributed by atoms with van der Waals surface area (Å²) in [7, 11) is 0. The number of alkyl halides is 2. The molecule has 1 aromatic heterocycles. The molecule has 0 aliphatic heterocycles. The van der Waals surface area contributed by atoms with E-state index in [9.17, 15) is 8.78 Å². The predicted molar refractivity (Wildman–Crippen MR) is 57.5 cm³/mol. The van der Waals surface area contributed by atoms with Gasteiger partial charge in [-0.3, -0.25) is 0 Å². The lowest BCUT2D eigenvalue weighted by molar-refractivity contribution is 0.0596. The highest BCUT2D eigenvalue weighted by Gasteiger charge is 2.34. The largest absolute Gasteiger partial charge is 0.475 e. The third-order valence-electron chi connectivity index (χ3n) is 2.09. The smallest absolute Gasteiger partial charge is 0.261 e. The summed E-state index contributed by atoms with van der Waals surface area (Å²) in [4.78, 5) is 3.98. The molecule has 0 amide bonds. The van der Waals surface area contributed by atoms with Crippen LogP contribution in [0.4, 0.5) is 8.78 Å². The maximum absolute atomic E-state index is 12.7. The summed E-state index contributed by atoms with van der Waals surface area (Å²) in [6.07, 6.45) is -2.73. The minimum Gasteiger partial charge on any atom is -0.475 e. The number of rotatable bonds is 4. The van der Waals surface area contributed by atoms with E-state index >= 15 is 0 Å². The van der Waals surface area contributed by atoms with Gasteiger partial charge in [0.2, 0.25) is 5.88 Å². The van der Waals surface area contributed by atoms with Gasteiger partial charge in [0, 0.05) is 6.07 Å². The maximum atomic E-state index is 12.7. The molecule has 2 N–H and O–H groups in total. The third kappa shape index (κ3) is 2.88. The highest BCUT2D eigenvalue weighted by Crippen LogP contribution is 2.25. The van der Waals surface area contributed by atoms with E-state index in [4.69, 9.17) is 10.5 Å². The Morgan fingerprint density at radius 3 is 2.50 bits per heavy atom. The molecule has 3 nitrogen and oxygen atoms in total. The summed E-state index contributed by atoms with van der Waals surface area (Å²) in [6, 6.07) is 4.69. The van der Waals surface area contributed by atoms with Crippen molar-refractivity contribution in [2.24, 2.45) is 5.73 Å². The summed E-state index contributed by atoms with van der Waals surface area (Å²) >= 11 is 0. The second kappa shape index (κ2) is 4.74. The lowest BCUT2D eigenvalue weighted by Crippen LogP contribution is -2.41. The van der Waals surface area contributed by atoms with Crippen LogP contribution in [0.3, 0.4) is 0 Å².